The number of ether oxygens (including phenoxy) is 6. The highest BCUT2D eigenvalue weighted by molar-refractivity contribution is 6.07. The van der Waals surface area contributed by atoms with Crippen molar-refractivity contribution in [2.45, 2.75) is 25.7 Å². The number of methoxy groups -OCH3 is 5. The predicted molar refractivity (Wildman–Crippen MR) is 121 cm³/mol. The molecule has 2 aromatic rings. The van der Waals surface area contributed by atoms with Crippen molar-refractivity contribution in [3.63, 3.8) is 0 Å². The van der Waals surface area contributed by atoms with Crippen molar-refractivity contribution in [3.8, 4) is 28.7 Å². The van der Waals surface area contributed by atoms with Crippen LogP contribution in [0.15, 0.2) is 24.3 Å². The lowest BCUT2D eigenvalue weighted by Gasteiger charge is -2.19. The first-order valence-corrected chi connectivity index (χ1v) is 10.7. The maximum atomic E-state index is 13.2. The molecule has 8 heteroatoms. The maximum absolute atomic E-state index is 13.2. The number of carbonyl (C=O) groups excluding carboxylic acids is 2. The van der Waals surface area contributed by atoms with Gasteiger partial charge in [-0.25, -0.2) is 4.79 Å². The molecule has 0 saturated heterocycles. The molecule has 0 aromatic heterocycles. The molecule has 0 heterocycles. The third-order valence-electron chi connectivity index (χ3n) is 5.80. The molecular formula is C25H30O8. The van der Waals surface area contributed by atoms with Crippen molar-refractivity contribution in [3.05, 3.63) is 41.0 Å². The first-order valence-electron chi connectivity index (χ1n) is 10.7. The number of unbranched alkanes of at least 4 members (excludes halogenated alkanes) is 1. The molecule has 0 radical (unpaired) electrons. The lowest BCUT2D eigenvalue weighted by molar-refractivity contribution is 0.0600. The monoisotopic (exact) mass is 458 g/mol. The second-order valence-electron chi connectivity index (χ2n) is 7.61. The highest BCUT2D eigenvalue weighted by atomic mass is 16.5. The van der Waals surface area contributed by atoms with E-state index in [1.54, 1.807) is 31.4 Å². The van der Waals surface area contributed by atoms with Crippen molar-refractivity contribution in [1.82, 2.24) is 0 Å². The molecule has 178 valence electrons. The van der Waals surface area contributed by atoms with Crippen LogP contribution in [0, 0.1) is 5.92 Å². The lowest BCUT2D eigenvalue weighted by atomic mass is 9.98. The molecular weight excluding hydrogens is 428 g/mol. The normalized spacial score (nSPS) is 14.5. The van der Waals surface area contributed by atoms with E-state index in [0.717, 1.165) is 24.8 Å². The highest BCUT2D eigenvalue weighted by Gasteiger charge is 2.39. The number of hydrogen-bond acceptors (Lipinski definition) is 8. The van der Waals surface area contributed by atoms with E-state index in [1.807, 2.05) is 0 Å². The van der Waals surface area contributed by atoms with E-state index in [4.69, 9.17) is 23.7 Å². The van der Waals surface area contributed by atoms with Crippen LogP contribution in [0.3, 0.4) is 0 Å². The van der Waals surface area contributed by atoms with Crippen LogP contribution in [0.1, 0.15) is 45.5 Å². The van der Waals surface area contributed by atoms with E-state index in [2.05, 4.69) is 4.74 Å². The Morgan fingerprint density at radius 1 is 0.848 bits per heavy atom. The molecule has 0 amide bonds. The molecule has 0 bridgehead atoms. The van der Waals surface area contributed by atoms with Crippen LogP contribution in [-0.2, 0) is 11.2 Å². The summed E-state index contributed by atoms with van der Waals surface area (Å²) in [5.41, 5.74) is 1.78. The number of Topliss-reactive ketones (excluding diaryl/α,β-unsaturated/α-hetero) is 1. The average Bonchev–Trinajstić information content (AvgIpc) is 3.17. The molecule has 2 aromatic carbocycles. The number of carbonyl (C=O) groups is 2. The van der Waals surface area contributed by atoms with Crippen molar-refractivity contribution in [2.75, 3.05) is 42.2 Å². The van der Waals surface area contributed by atoms with Crippen molar-refractivity contribution in [1.29, 1.82) is 0 Å². The van der Waals surface area contributed by atoms with E-state index in [-0.39, 0.29) is 17.7 Å². The number of esters is 1. The molecule has 1 aliphatic rings. The fraction of sp³-hybridized carbons (Fsp3) is 0.440. The molecule has 8 nitrogen and oxygen atoms in total. The molecule has 0 saturated carbocycles. The van der Waals surface area contributed by atoms with Gasteiger partial charge in [-0.15, -0.1) is 0 Å². The zero-order valence-electron chi connectivity index (χ0n) is 19.7. The highest BCUT2D eigenvalue weighted by Crippen LogP contribution is 2.53. The van der Waals surface area contributed by atoms with Gasteiger partial charge < -0.3 is 28.4 Å². The molecule has 0 N–H and O–H groups in total. The summed E-state index contributed by atoms with van der Waals surface area (Å²) >= 11 is 0. The van der Waals surface area contributed by atoms with Gasteiger partial charge in [0.1, 0.15) is 5.75 Å². The van der Waals surface area contributed by atoms with Crippen LogP contribution in [0.25, 0.3) is 0 Å². The second kappa shape index (κ2) is 10.9. The van der Waals surface area contributed by atoms with Crippen molar-refractivity contribution in [2.24, 2.45) is 5.92 Å². The van der Waals surface area contributed by atoms with Crippen LogP contribution in [0.4, 0.5) is 0 Å². The summed E-state index contributed by atoms with van der Waals surface area (Å²) in [6.45, 7) is 0.514. The Kier molecular flexibility index (Phi) is 8.03. The Morgan fingerprint density at radius 2 is 1.45 bits per heavy atom. The largest absolute Gasteiger partial charge is 0.494 e. The summed E-state index contributed by atoms with van der Waals surface area (Å²) in [5, 5.41) is 0. The second-order valence-corrected chi connectivity index (χ2v) is 7.61. The lowest BCUT2D eigenvalue weighted by Crippen LogP contribution is -2.10. The van der Waals surface area contributed by atoms with Crippen LogP contribution in [-0.4, -0.2) is 53.9 Å². The van der Waals surface area contributed by atoms with Crippen molar-refractivity contribution < 1.29 is 38.0 Å². The first-order chi connectivity index (χ1) is 16.0. The van der Waals surface area contributed by atoms with Gasteiger partial charge in [0.15, 0.2) is 17.3 Å². The number of rotatable bonds is 11. The third-order valence-corrected chi connectivity index (χ3v) is 5.80. The molecule has 1 aliphatic carbocycles. The van der Waals surface area contributed by atoms with Crippen LogP contribution >= 0.6 is 0 Å². The fourth-order valence-electron chi connectivity index (χ4n) is 4.21. The number of ketones is 1. The van der Waals surface area contributed by atoms with Gasteiger partial charge in [0.25, 0.3) is 0 Å². The first kappa shape index (κ1) is 24.2. The number of benzene rings is 2. The molecule has 33 heavy (non-hydrogen) atoms. The number of hydrogen-bond donors (Lipinski definition) is 0. The fourth-order valence-corrected chi connectivity index (χ4v) is 4.21. The summed E-state index contributed by atoms with van der Waals surface area (Å²) in [6.07, 6.45) is 2.89. The standard InChI is InChI=1S/C25H30O8/c1-28-21-18-14-16(20(26)19(18)22(29-2)24(31-4)23(21)30-3)8-6-7-13-33-17-11-9-15(10-12-17)25(27)32-5/h9-12,16H,6-8,13-14H2,1-5H3. The number of fused-ring (bicyclic) bond motifs is 1. The van der Waals surface area contributed by atoms with E-state index < -0.39 is 0 Å². The van der Waals surface area contributed by atoms with Gasteiger partial charge in [0.05, 0.1) is 53.3 Å². The molecule has 0 aliphatic heterocycles. The summed E-state index contributed by atoms with van der Waals surface area (Å²) in [5.74, 6) is 1.84. The Hall–Kier alpha value is -3.42. The van der Waals surface area contributed by atoms with Gasteiger partial charge >= 0.3 is 5.97 Å². The van der Waals surface area contributed by atoms with Gasteiger partial charge in [-0.1, -0.05) is 0 Å². The van der Waals surface area contributed by atoms with Gasteiger partial charge in [0.2, 0.25) is 11.5 Å². The van der Waals surface area contributed by atoms with E-state index in [9.17, 15) is 9.59 Å². The van der Waals surface area contributed by atoms with Crippen LogP contribution in [0.5, 0.6) is 28.7 Å². The van der Waals surface area contributed by atoms with Crippen LogP contribution in [0.2, 0.25) is 0 Å². The zero-order chi connectivity index (χ0) is 24.0. The summed E-state index contributed by atoms with van der Waals surface area (Å²) in [7, 11) is 7.45. The molecule has 1 unspecified atom stereocenters. The topological polar surface area (TPSA) is 89.5 Å². The van der Waals surface area contributed by atoms with Crippen LogP contribution < -0.4 is 23.7 Å². The van der Waals surface area contributed by atoms with E-state index >= 15 is 0 Å². The Balaban J connectivity index is 1.60. The molecule has 0 fully saturated rings. The Labute approximate surface area is 193 Å². The van der Waals surface area contributed by atoms with Gasteiger partial charge in [-0.2, -0.15) is 0 Å². The maximum Gasteiger partial charge on any atom is 0.337 e. The summed E-state index contributed by atoms with van der Waals surface area (Å²) in [4.78, 5) is 24.7. The molecule has 1 atom stereocenters. The van der Waals surface area contributed by atoms with Gasteiger partial charge in [0, 0.05) is 11.5 Å². The van der Waals surface area contributed by atoms with E-state index in [0.29, 0.717) is 52.9 Å². The minimum atomic E-state index is -0.382. The quantitative estimate of drug-likeness (QED) is 0.367. The zero-order valence-corrected chi connectivity index (χ0v) is 19.7. The van der Waals surface area contributed by atoms with Gasteiger partial charge in [-0.3, -0.25) is 4.79 Å². The Morgan fingerprint density at radius 3 is 2.03 bits per heavy atom. The van der Waals surface area contributed by atoms with E-state index in [1.165, 1.54) is 28.4 Å². The minimum absolute atomic E-state index is 0.0282. The van der Waals surface area contributed by atoms with Gasteiger partial charge in [-0.05, 0) is 49.9 Å². The molecule has 0 spiro atoms. The predicted octanol–water partition coefficient (Wildman–Crippen LogP) is 4.11. The Bertz CT molecular complexity index is 997. The summed E-state index contributed by atoms with van der Waals surface area (Å²) in [6, 6.07) is 6.81. The minimum Gasteiger partial charge on any atom is -0.494 e. The third kappa shape index (κ3) is 4.84. The SMILES string of the molecule is COC(=O)c1ccc(OCCCCC2Cc3c(OC)c(OC)c(OC)c(OC)c3C2=O)cc1. The molecule has 3 rings (SSSR count). The van der Waals surface area contributed by atoms with Crippen molar-refractivity contribution >= 4 is 11.8 Å². The smallest absolute Gasteiger partial charge is 0.337 e. The summed E-state index contributed by atoms with van der Waals surface area (Å²) < 4.78 is 32.5. The average molecular weight is 459 g/mol.